The van der Waals surface area contributed by atoms with Gasteiger partial charge in [0.15, 0.2) is 0 Å². The van der Waals surface area contributed by atoms with Crippen LogP contribution in [-0.2, 0) is 4.79 Å². The molecule has 2 fully saturated rings. The highest BCUT2D eigenvalue weighted by molar-refractivity contribution is 5.84. The van der Waals surface area contributed by atoms with Gasteiger partial charge in [0.25, 0.3) is 0 Å². The van der Waals surface area contributed by atoms with Crippen molar-refractivity contribution in [3.63, 3.8) is 0 Å². The molecule has 2 atom stereocenters. The fourth-order valence-electron chi connectivity index (χ4n) is 2.78. The minimum absolute atomic E-state index is 0.128. The number of hydrogen-bond acceptors (Lipinski definition) is 3. The Bertz CT molecular complexity index is 217. The molecule has 2 aliphatic rings. The molecule has 1 aliphatic carbocycles. The molecule has 0 aromatic rings. The van der Waals surface area contributed by atoms with Crippen molar-refractivity contribution in [2.45, 2.75) is 50.6 Å². The van der Waals surface area contributed by atoms with Gasteiger partial charge in [0.2, 0.25) is 0 Å². The summed E-state index contributed by atoms with van der Waals surface area (Å²) >= 11 is 0. The van der Waals surface area contributed by atoms with Crippen molar-refractivity contribution >= 4 is 5.78 Å². The van der Waals surface area contributed by atoms with Gasteiger partial charge >= 0.3 is 0 Å². The zero-order valence-electron chi connectivity index (χ0n) is 8.61. The fraction of sp³-hybridized carbons (Fsp3) is 0.909. The van der Waals surface area contributed by atoms with Crippen LogP contribution in [0.3, 0.4) is 0 Å². The molecule has 0 aromatic heterocycles. The highest BCUT2D eigenvalue weighted by Crippen LogP contribution is 2.26. The number of rotatable bonds is 2. The predicted molar refractivity (Wildman–Crippen MR) is 54.1 cm³/mol. The van der Waals surface area contributed by atoms with E-state index < -0.39 is 0 Å². The monoisotopic (exact) mass is 197 g/mol. The summed E-state index contributed by atoms with van der Waals surface area (Å²) in [7, 11) is 0. The minimum Gasteiger partial charge on any atom is -0.395 e. The molecule has 3 nitrogen and oxygen atoms in total. The lowest BCUT2D eigenvalue weighted by Gasteiger charge is -2.33. The Kier molecular flexibility index (Phi) is 3.19. The van der Waals surface area contributed by atoms with Gasteiger partial charge in [0.05, 0.1) is 12.6 Å². The van der Waals surface area contributed by atoms with Gasteiger partial charge in [-0.05, 0) is 32.2 Å². The number of ketones is 1. The van der Waals surface area contributed by atoms with E-state index in [1.807, 2.05) is 0 Å². The van der Waals surface area contributed by atoms with Crippen LogP contribution < -0.4 is 0 Å². The Morgan fingerprint density at radius 3 is 2.86 bits per heavy atom. The van der Waals surface area contributed by atoms with Gasteiger partial charge in [0, 0.05) is 12.5 Å². The molecule has 1 heterocycles. The third-order valence-corrected chi connectivity index (χ3v) is 3.56. The molecule has 2 rings (SSSR count). The van der Waals surface area contributed by atoms with E-state index in [0.717, 1.165) is 38.6 Å². The van der Waals surface area contributed by atoms with Gasteiger partial charge in [-0.3, -0.25) is 9.69 Å². The van der Waals surface area contributed by atoms with E-state index in [1.165, 1.54) is 6.42 Å². The minimum atomic E-state index is 0.128. The SMILES string of the molecule is O=C1CCCCC1N1CCC[C@@H]1CO. The number of carbonyl (C=O) groups is 1. The maximum Gasteiger partial charge on any atom is 0.149 e. The number of carbonyl (C=O) groups excluding carboxylic acids is 1. The smallest absolute Gasteiger partial charge is 0.149 e. The van der Waals surface area contributed by atoms with Crippen molar-refractivity contribution in [3.05, 3.63) is 0 Å². The highest BCUT2D eigenvalue weighted by Gasteiger charge is 2.34. The van der Waals surface area contributed by atoms with E-state index in [4.69, 9.17) is 0 Å². The first-order valence-corrected chi connectivity index (χ1v) is 5.72. The summed E-state index contributed by atoms with van der Waals surface area (Å²) in [5.74, 6) is 0.400. The van der Waals surface area contributed by atoms with Crippen LogP contribution in [0.2, 0.25) is 0 Å². The van der Waals surface area contributed by atoms with E-state index >= 15 is 0 Å². The second-order valence-corrected chi connectivity index (χ2v) is 4.44. The second kappa shape index (κ2) is 4.41. The third-order valence-electron chi connectivity index (χ3n) is 3.56. The van der Waals surface area contributed by atoms with Gasteiger partial charge in [-0.2, -0.15) is 0 Å². The molecule has 1 saturated heterocycles. The van der Waals surface area contributed by atoms with Crippen LogP contribution >= 0.6 is 0 Å². The van der Waals surface area contributed by atoms with Crippen molar-refractivity contribution in [2.75, 3.05) is 13.2 Å². The third kappa shape index (κ3) is 1.84. The van der Waals surface area contributed by atoms with Crippen LogP contribution in [0.15, 0.2) is 0 Å². The molecule has 0 amide bonds. The molecular weight excluding hydrogens is 178 g/mol. The van der Waals surface area contributed by atoms with Crippen LogP contribution in [0.5, 0.6) is 0 Å². The summed E-state index contributed by atoms with van der Waals surface area (Å²) in [6, 6.07) is 0.380. The van der Waals surface area contributed by atoms with Gasteiger partial charge in [-0.25, -0.2) is 0 Å². The number of hydrogen-bond donors (Lipinski definition) is 1. The van der Waals surface area contributed by atoms with Gasteiger partial charge in [-0.15, -0.1) is 0 Å². The van der Waals surface area contributed by atoms with Gasteiger partial charge < -0.3 is 5.11 Å². The lowest BCUT2D eigenvalue weighted by Crippen LogP contribution is -2.46. The van der Waals surface area contributed by atoms with Gasteiger partial charge in [0.1, 0.15) is 5.78 Å². The summed E-state index contributed by atoms with van der Waals surface area (Å²) in [5, 5.41) is 9.20. The summed E-state index contributed by atoms with van der Waals surface area (Å²) in [5.41, 5.74) is 0. The summed E-state index contributed by atoms with van der Waals surface area (Å²) in [6.45, 7) is 1.21. The molecule has 14 heavy (non-hydrogen) atoms. The molecule has 80 valence electrons. The molecule has 1 unspecified atom stereocenters. The molecule has 1 saturated carbocycles. The van der Waals surface area contributed by atoms with Crippen LogP contribution in [0, 0.1) is 0 Å². The van der Waals surface area contributed by atoms with Crippen molar-refractivity contribution < 1.29 is 9.90 Å². The largest absolute Gasteiger partial charge is 0.395 e. The van der Waals surface area contributed by atoms with Crippen molar-refractivity contribution in [1.82, 2.24) is 4.90 Å². The Balaban J connectivity index is 2.01. The van der Waals surface area contributed by atoms with Crippen LogP contribution in [0.1, 0.15) is 38.5 Å². The average Bonchev–Trinajstić information content (AvgIpc) is 2.66. The number of aliphatic hydroxyl groups is 1. The number of likely N-dealkylation sites (tertiary alicyclic amines) is 1. The molecule has 0 radical (unpaired) electrons. The molecular formula is C11H19NO2. The van der Waals surface area contributed by atoms with E-state index in [0.29, 0.717) is 5.78 Å². The van der Waals surface area contributed by atoms with Crippen LogP contribution in [-0.4, -0.2) is 41.0 Å². The fourth-order valence-corrected chi connectivity index (χ4v) is 2.78. The first-order chi connectivity index (χ1) is 6.83. The summed E-state index contributed by atoms with van der Waals surface area (Å²) in [4.78, 5) is 14.0. The Morgan fingerprint density at radius 1 is 1.29 bits per heavy atom. The van der Waals surface area contributed by atoms with Crippen molar-refractivity contribution in [3.8, 4) is 0 Å². The Hall–Kier alpha value is -0.410. The standard InChI is InChI=1S/C11H19NO2/c13-8-9-4-3-7-12(9)10-5-1-2-6-11(10)14/h9-10,13H,1-8H2/t9-,10?/m1/s1. The molecule has 0 spiro atoms. The quantitative estimate of drug-likeness (QED) is 0.716. The zero-order valence-corrected chi connectivity index (χ0v) is 8.61. The Labute approximate surface area is 85.1 Å². The first kappa shape index (κ1) is 10.1. The lowest BCUT2D eigenvalue weighted by atomic mass is 9.92. The maximum absolute atomic E-state index is 11.7. The van der Waals surface area contributed by atoms with Gasteiger partial charge in [-0.1, -0.05) is 6.42 Å². The molecule has 0 bridgehead atoms. The molecule has 0 aromatic carbocycles. The number of nitrogens with zero attached hydrogens (tertiary/aromatic N) is 1. The zero-order chi connectivity index (χ0) is 9.97. The van der Waals surface area contributed by atoms with Crippen molar-refractivity contribution in [2.24, 2.45) is 0 Å². The van der Waals surface area contributed by atoms with E-state index in [9.17, 15) is 9.90 Å². The van der Waals surface area contributed by atoms with E-state index in [1.54, 1.807) is 0 Å². The van der Waals surface area contributed by atoms with Crippen LogP contribution in [0.25, 0.3) is 0 Å². The topological polar surface area (TPSA) is 40.5 Å². The van der Waals surface area contributed by atoms with E-state index in [-0.39, 0.29) is 18.7 Å². The van der Waals surface area contributed by atoms with Crippen molar-refractivity contribution in [1.29, 1.82) is 0 Å². The maximum atomic E-state index is 11.7. The van der Waals surface area contributed by atoms with Crippen LogP contribution in [0.4, 0.5) is 0 Å². The normalized spacial score (nSPS) is 35.1. The predicted octanol–water partition coefficient (Wildman–Crippen LogP) is 0.955. The lowest BCUT2D eigenvalue weighted by molar-refractivity contribution is -0.126. The number of aliphatic hydroxyl groups excluding tert-OH is 1. The molecule has 1 aliphatic heterocycles. The molecule has 3 heteroatoms. The summed E-state index contributed by atoms with van der Waals surface area (Å²) < 4.78 is 0. The van der Waals surface area contributed by atoms with E-state index in [2.05, 4.69) is 4.90 Å². The number of Topliss-reactive ketones (excluding diaryl/α,β-unsaturated/α-hetero) is 1. The second-order valence-electron chi connectivity index (χ2n) is 4.44. The molecule has 1 N–H and O–H groups in total. The first-order valence-electron chi connectivity index (χ1n) is 5.72. The highest BCUT2D eigenvalue weighted by atomic mass is 16.3. The summed E-state index contributed by atoms with van der Waals surface area (Å²) in [6.07, 6.45) is 6.18. The Morgan fingerprint density at radius 2 is 2.14 bits per heavy atom. The average molecular weight is 197 g/mol.